The second kappa shape index (κ2) is 12.7. The van der Waals surface area contributed by atoms with E-state index in [-0.39, 0.29) is 10.9 Å². The summed E-state index contributed by atoms with van der Waals surface area (Å²) in [7, 11) is 0. The normalized spacial score (nSPS) is 10.8. The van der Waals surface area contributed by atoms with E-state index in [4.69, 9.17) is 0 Å². The first-order valence-electron chi connectivity index (χ1n) is 8.66. The van der Waals surface area contributed by atoms with E-state index in [9.17, 15) is 9.18 Å². The molecule has 0 spiro atoms. The largest absolute Gasteiger partial charge is 0.282 e. The van der Waals surface area contributed by atoms with Crippen LogP contribution in [0.4, 0.5) is 4.39 Å². The van der Waals surface area contributed by atoms with Gasteiger partial charge >= 0.3 is 0 Å². The minimum Gasteiger partial charge on any atom is -0.282 e. The summed E-state index contributed by atoms with van der Waals surface area (Å²) in [5.41, 5.74) is 0.596. The highest BCUT2D eigenvalue weighted by molar-refractivity contribution is 8.14. The van der Waals surface area contributed by atoms with Gasteiger partial charge in [0, 0.05) is 11.3 Å². The van der Waals surface area contributed by atoms with Gasteiger partial charge in [-0.15, -0.1) is 0 Å². The molecule has 0 aliphatic heterocycles. The van der Waals surface area contributed by atoms with Gasteiger partial charge in [-0.3, -0.25) is 4.79 Å². The van der Waals surface area contributed by atoms with Crippen molar-refractivity contribution in [2.75, 3.05) is 5.75 Å². The first kappa shape index (κ1) is 19.2. The molecule has 1 aromatic rings. The average molecular weight is 325 g/mol. The van der Waals surface area contributed by atoms with Gasteiger partial charge in [-0.05, 0) is 30.7 Å². The van der Waals surface area contributed by atoms with Crippen molar-refractivity contribution in [3.05, 3.63) is 35.6 Å². The molecule has 0 amide bonds. The number of benzene rings is 1. The van der Waals surface area contributed by atoms with E-state index in [1.54, 1.807) is 12.1 Å². The number of unbranched alkanes of at least 4 members (excludes halogenated alkanes) is 9. The van der Waals surface area contributed by atoms with Gasteiger partial charge in [0.2, 0.25) is 5.12 Å². The third kappa shape index (κ3) is 9.24. The maximum atomic E-state index is 12.8. The lowest BCUT2D eigenvalue weighted by molar-refractivity contribution is 0.108. The van der Waals surface area contributed by atoms with Crippen molar-refractivity contribution >= 4 is 16.9 Å². The molecule has 0 saturated heterocycles. The van der Waals surface area contributed by atoms with E-state index in [0.29, 0.717) is 5.56 Å². The summed E-state index contributed by atoms with van der Waals surface area (Å²) in [4.78, 5) is 11.9. The van der Waals surface area contributed by atoms with E-state index in [1.807, 2.05) is 0 Å². The van der Waals surface area contributed by atoms with E-state index in [1.165, 1.54) is 81.7 Å². The Balaban J connectivity index is 1.93. The zero-order valence-electron chi connectivity index (χ0n) is 13.8. The average Bonchev–Trinajstić information content (AvgIpc) is 2.53. The van der Waals surface area contributed by atoms with Crippen LogP contribution in [0.15, 0.2) is 24.3 Å². The molecule has 1 aromatic carbocycles. The Labute approximate surface area is 139 Å². The Bertz CT molecular complexity index is 402. The summed E-state index contributed by atoms with van der Waals surface area (Å²) in [6.45, 7) is 2.25. The van der Waals surface area contributed by atoms with E-state index >= 15 is 0 Å². The standard InChI is InChI=1S/C19H29FOS/c1-2-3-4-5-6-7-8-9-10-11-16-22-19(21)17-12-14-18(20)15-13-17/h12-15H,2-11,16H2,1H3. The monoisotopic (exact) mass is 324 g/mol. The van der Waals surface area contributed by atoms with Crippen molar-refractivity contribution in [2.45, 2.75) is 71.1 Å². The predicted molar refractivity (Wildman–Crippen MR) is 95.0 cm³/mol. The fourth-order valence-electron chi connectivity index (χ4n) is 2.42. The summed E-state index contributed by atoms with van der Waals surface area (Å²) in [6, 6.07) is 5.80. The number of halogens is 1. The Kier molecular flexibility index (Phi) is 11.1. The predicted octanol–water partition coefficient (Wildman–Crippen LogP) is 6.62. The molecule has 124 valence electrons. The van der Waals surface area contributed by atoms with Gasteiger partial charge in [0.05, 0.1) is 0 Å². The van der Waals surface area contributed by atoms with Gasteiger partial charge in [-0.25, -0.2) is 4.39 Å². The quantitative estimate of drug-likeness (QED) is 0.402. The van der Waals surface area contributed by atoms with Crippen LogP contribution in [0.5, 0.6) is 0 Å². The van der Waals surface area contributed by atoms with Crippen LogP contribution in [0, 0.1) is 5.82 Å². The van der Waals surface area contributed by atoms with Crippen molar-refractivity contribution in [1.29, 1.82) is 0 Å². The molecule has 1 rings (SSSR count). The molecule has 0 N–H and O–H groups in total. The molecule has 0 unspecified atom stereocenters. The number of hydrogen-bond acceptors (Lipinski definition) is 2. The molecule has 22 heavy (non-hydrogen) atoms. The second-order valence-electron chi connectivity index (χ2n) is 5.82. The highest BCUT2D eigenvalue weighted by Gasteiger charge is 2.06. The maximum Gasteiger partial charge on any atom is 0.219 e. The van der Waals surface area contributed by atoms with Crippen LogP contribution in [0.25, 0.3) is 0 Å². The molecule has 0 radical (unpaired) electrons. The molecule has 1 nitrogen and oxygen atoms in total. The highest BCUT2D eigenvalue weighted by atomic mass is 32.2. The summed E-state index contributed by atoms with van der Waals surface area (Å²) in [5.74, 6) is 0.573. The molecule has 0 atom stereocenters. The van der Waals surface area contributed by atoms with Crippen LogP contribution in [-0.4, -0.2) is 10.9 Å². The van der Waals surface area contributed by atoms with E-state index < -0.39 is 0 Å². The van der Waals surface area contributed by atoms with Gasteiger partial charge in [0.25, 0.3) is 0 Å². The van der Waals surface area contributed by atoms with Gasteiger partial charge in [0.15, 0.2) is 0 Å². The Hall–Kier alpha value is -0.830. The lowest BCUT2D eigenvalue weighted by atomic mass is 10.1. The summed E-state index contributed by atoms with van der Waals surface area (Å²) in [5, 5.41) is 0.0518. The smallest absolute Gasteiger partial charge is 0.219 e. The third-order valence-corrected chi connectivity index (χ3v) is 4.80. The molecular weight excluding hydrogens is 295 g/mol. The molecule has 0 aliphatic carbocycles. The number of hydrogen-bond donors (Lipinski definition) is 0. The summed E-state index contributed by atoms with van der Waals surface area (Å²) >= 11 is 1.35. The molecule has 0 bridgehead atoms. The van der Waals surface area contributed by atoms with Crippen molar-refractivity contribution in [3.8, 4) is 0 Å². The van der Waals surface area contributed by atoms with Crippen LogP contribution >= 0.6 is 11.8 Å². The lowest BCUT2D eigenvalue weighted by Gasteiger charge is -2.03. The Morgan fingerprint density at radius 3 is 1.91 bits per heavy atom. The highest BCUT2D eigenvalue weighted by Crippen LogP contribution is 2.16. The van der Waals surface area contributed by atoms with Crippen LogP contribution in [0.1, 0.15) is 81.5 Å². The van der Waals surface area contributed by atoms with Gasteiger partial charge in [0.1, 0.15) is 5.82 Å². The van der Waals surface area contributed by atoms with Crippen LogP contribution < -0.4 is 0 Å². The maximum absolute atomic E-state index is 12.8. The molecule has 0 fully saturated rings. The SMILES string of the molecule is CCCCCCCCCCCCSC(=O)c1ccc(F)cc1. The first-order valence-corrected chi connectivity index (χ1v) is 9.65. The van der Waals surface area contributed by atoms with Crippen LogP contribution in [0.2, 0.25) is 0 Å². The fourth-order valence-corrected chi connectivity index (χ4v) is 3.26. The van der Waals surface area contributed by atoms with Crippen LogP contribution in [-0.2, 0) is 0 Å². The van der Waals surface area contributed by atoms with Crippen molar-refractivity contribution in [2.24, 2.45) is 0 Å². The minimum atomic E-state index is -0.295. The Morgan fingerprint density at radius 1 is 0.864 bits per heavy atom. The first-order chi connectivity index (χ1) is 10.7. The van der Waals surface area contributed by atoms with E-state index in [0.717, 1.165) is 12.2 Å². The minimum absolute atomic E-state index is 0.0518. The van der Waals surface area contributed by atoms with Gasteiger partial charge in [-0.2, -0.15) is 0 Å². The topological polar surface area (TPSA) is 17.1 Å². The molecule has 0 aromatic heterocycles. The van der Waals surface area contributed by atoms with Crippen molar-refractivity contribution < 1.29 is 9.18 Å². The number of carbonyl (C=O) groups is 1. The van der Waals surface area contributed by atoms with E-state index in [2.05, 4.69) is 6.92 Å². The Morgan fingerprint density at radius 2 is 1.36 bits per heavy atom. The lowest BCUT2D eigenvalue weighted by Crippen LogP contribution is -1.95. The third-order valence-electron chi connectivity index (χ3n) is 3.81. The van der Waals surface area contributed by atoms with Crippen LogP contribution in [0.3, 0.4) is 0 Å². The molecule has 0 heterocycles. The molecule has 3 heteroatoms. The fraction of sp³-hybridized carbons (Fsp3) is 0.632. The summed E-state index contributed by atoms with van der Waals surface area (Å²) < 4.78 is 12.8. The number of carbonyl (C=O) groups excluding carboxylic acids is 1. The summed E-state index contributed by atoms with van der Waals surface area (Å²) in [6.07, 6.45) is 13.1. The van der Waals surface area contributed by atoms with Crippen molar-refractivity contribution in [1.82, 2.24) is 0 Å². The molecular formula is C19H29FOS. The molecule has 0 saturated carbocycles. The second-order valence-corrected chi connectivity index (χ2v) is 6.89. The zero-order chi connectivity index (χ0) is 16.0. The number of rotatable bonds is 12. The van der Waals surface area contributed by atoms with Crippen molar-refractivity contribution in [3.63, 3.8) is 0 Å². The van der Waals surface area contributed by atoms with Gasteiger partial charge in [-0.1, -0.05) is 76.5 Å². The molecule has 0 aliphatic rings. The van der Waals surface area contributed by atoms with Gasteiger partial charge < -0.3 is 0 Å². The number of thioether (sulfide) groups is 1. The zero-order valence-corrected chi connectivity index (χ0v) is 14.6.